The van der Waals surface area contributed by atoms with E-state index in [2.05, 4.69) is 10.6 Å². The molecule has 8 heteroatoms. The molecule has 0 aromatic heterocycles. The summed E-state index contributed by atoms with van der Waals surface area (Å²) in [5.41, 5.74) is 4.35. The van der Waals surface area contributed by atoms with Gasteiger partial charge in [0, 0.05) is 11.6 Å². The molecule has 0 heterocycles. The second-order valence-corrected chi connectivity index (χ2v) is 10.9. The molecule has 0 spiro atoms. The van der Waals surface area contributed by atoms with Gasteiger partial charge in [0.2, 0.25) is 10.0 Å². The number of para-hydroxylation sites is 2. The lowest BCUT2D eigenvalue weighted by atomic mass is 10.1. The molecule has 190 valence electrons. The average Bonchev–Trinajstić information content (AvgIpc) is 2.83. The smallest absolute Gasteiger partial charge is 0.255 e. The maximum atomic E-state index is 12.9. The molecule has 0 bridgehead atoms. The Morgan fingerprint density at radius 2 is 1.50 bits per heavy atom. The van der Waals surface area contributed by atoms with Crippen LogP contribution in [0.4, 0.5) is 11.4 Å². The summed E-state index contributed by atoms with van der Waals surface area (Å²) >= 11 is 0. The van der Waals surface area contributed by atoms with Gasteiger partial charge in [-0.1, -0.05) is 49.4 Å². The fourth-order valence-electron chi connectivity index (χ4n) is 3.88. The topological polar surface area (TPSA) is 95.6 Å². The summed E-state index contributed by atoms with van der Waals surface area (Å²) in [6.45, 7) is 7.82. The minimum Gasteiger partial charge on any atom is -0.350 e. The van der Waals surface area contributed by atoms with E-state index in [0.29, 0.717) is 22.5 Å². The molecule has 7 nitrogen and oxygen atoms in total. The van der Waals surface area contributed by atoms with Crippen molar-refractivity contribution in [2.75, 3.05) is 15.9 Å². The largest absolute Gasteiger partial charge is 0.350 e. The molecule has 1 atom stereocenters. The van der Waals surface area contributed by atoms with Crippen LogP contribution in [0.25, 0.3) is 0 Å². The van der Waals surface area contributed by atoms with Crippen molar-refractivity contribution in [3.05, 3.63) is 94.5 Å². The summed E-state index contributed by atoms with van der Waals surface area (Å²) in [5.74, 6) is -0.608. The van der Waals surface area contributed by atoms with E-state index in [1.54, 1.807) is 48.5 Å². The molecule has 3 aromatic rings. The van der Waals surface area contributed by atoms with Crippen LogP contribution in [-0.4, -0.2) is 32.5 Å². The van der Waals surface area contributed by atoms with Crippen LogP contribution < -0.4 is 14.9 Å². The highest BCUT2D eigenvalue weighted by Crippen LogP contribution is 2.28. The summed E-state index contributed by atoms with van der Waals surface area (Å²) < 4.78 is 26.6. The first-order chi connectivity index (χ1) is 17.0. The molecule has 3 rings (SSSR count). The predicted molar refractivity (Wildman–Crippen MR) is 145 cm³/mol. The normalized spacial score (nSPS) is 12.0. The molecule has 0 saturated heterocycles. The highest BCUT2D eigenvalue weighted by molar-refractivity contribution is 7.92. The van der Waals surface area contributed by atoms with Crippen molar-refractivity contribution in [3.8, 4) is 0 Å². The van der Waals surface area contributed by atoms with Gasteiger partial charge in [-0.15, -0.1) is 0 Å². The van der Waals surface area contributed by atoms with Crippen LogP contribution in [0.15, 0.2) is 66.7 Å². The van der Waals surface area contributed by atoms with Crippen molar-refractivity contribution in [3.63, 3.8) is 0 Å². The fraction of sp³-hybridized carbons (Fsp3) is 0.286. The summed E-state index contributed by atoms with van der Waals surface area (Å²) in [6, 6.07) is 19.3. The summed E-state index contributed by atoms with van der Waals surface area (Å²) in [7, 11) is -3.54. The zero-order chi connectivity index (χ0) is 26.5. The highest BCUT2D eigenvalue weighted by Gasteiger charge is 2.22. The summed E-state index contributed by atoms with van der Waals surface area (Å²) in [4.78, 5) is 25.6. The zero-order valence-corrected chi connectivity index (χ0v) is 22.1. The Bertz CT molecular complexity index is 1330. The third-order valence-electron chi connectivity index (χ3n) is 6.04. The molecule has 2 amide bonds. The SMILES string of the molecule is CC[C@H](C)NC(=O)c1ccccc1NC(=O)c1ccc(CN(c2c(C)cccc2C)S(C)(=O)=O)cc1. The second kappa shape index (κ2) is 11.4. The first kappa shape index (κ1) is 26.9. The van der Waals surface area contributed by atoms with E-state index in [0.717, 1.165) is 23.1 Å². The number of carbonyl (C=O) groups is 2. The quantitative estimate of drug-likeness (QED) is 0.424. The van der Waals surface area contributed by atoms with Gasteiger partial charge in [0.05, 0.1) is 29.7 Å². The number of nitrogens with one attached hydrogen (secondary N) is 2. The van der Waals surface area contributed by atoms with Crippen molar-refractivity contribution in [1.82, 2.24) is 5.32 Å². The number of aryl methyl sites for hydroxylation is 2. The van der Waals surface area contributed by atoms with Crippen LogP contribution in [-0.2, 0) is 16.6 Å². The lowest BCUT2D eigenvalue weighted by molar-refractivity contribution is 0.0940. The van der Waals surface area contributed by atoms with Crippen molar-refractivity contribution >= 4 is 33.2 Å². The number of sulfonamides is 1. The number of anilines is 2. The number of carbonyl (C=O) groups excluding carboxylic acids is 2. The lowest BCUT2D eigenvalue weighted by Crippen LogP contribution is -2.32. The van der Waals surface area contributed by atoms with Crippen LogP contribution >= 0.6 is 0 Å². The lowest BCUT2D eigenvalue weighted by Gasteiger charge is -2.26. The third-order valence-corrected chi connectivity index (χ3v) is 7.15. The Hall–Kier alpha value is -3.65. The monoisotopic (exact) mass is 507 g/mol. The second-order valence-electron chi connectivity index (χ2n) is 8.99. The molecule has 2 N–H and O–H groups in total. The van der Waals surface area contributed by atoms with Gasteiger partial charge in [-0.2, -0.15) is 0 Å². The Morgan fingerprint density at radius 1 is 0.889 bits per heavy atom. The fourth-order valence-corrected chi connectivity index (χ4v) is 4.88. The Labute approximate surface area is 213 Å². The van der Waals surface area contributed by atoms with Crippen LogP contribution in [0.2, 0.25) is 0 Å². The van der Waals surface area contributed by atoms with Crippen molar-refractivity contribution < 1.29 is 18.0 Å². The molecule has 3 aromatic carbocycles. The van der Waals surface area contributed by atoms with E-state index >= 15 is 0 Å². The van der Waals surface area contributed by atoms with Crippen LogP contribution in [0.5, 0.6) is 0 Å². The molecule has 0 aliphatic heterocycles. The Balaban J connectivity index is 1.79. The maximum Gasteiger partial charge on any atom is 0.255 e. The predicted octanol–water partition coefficient (Wildman–Crippen LogP) is 5.05. The van der Waals surface area contributed by atoms with Gasteiger partial charge in [-0.25, -0.2) is 8.42 Å². The first-order valence-electron chi connectivity index (χ1n) is 11.8. The van der Waals surface area contributed by atoms with Gasteiger partial charge in [-0.3, -0.25) is 13.9 Å². The van der Waals surface area contributed by atoms with Crippen molar-refractivity contribution in [1.29, 1.82) is 0 Å². The molecule has 36 heavy (non-hydrogen) atoms. The number of hydrogen-bond acceptors (Lipinski definition) is 4. The number of nitrogens with zero attached hydrogens (tertiary/aromatic N) is 1. The van der Waals surface area contributed by atoms with Gasteiger partial charge in [0.25, 0.3) is 11.8 Å². The minimum absolute atomic E-state index is 0.0174. The standard InChI is InChI=1S/C28H33N3O4S/c1-6-21(4)29-28(33)24-12-7-8-13-25(24)30-27(32)23-16-14-22(15-17-23)18-31(36(5,34)35)26-19(2)10-9-11-20(26)3/h7-17,21H,6,18H2,1-5H3,(H,29,33)(H,30,32)/t21-/m0/s1. The summed E-state index contributed by atoms with van der Waals surface area (Å²) in [5, 5.41) is 5.73. The van der Waals surface area contributed by atoms with E-state index < -0.39 is 10.0 Å². The van der Waals surface area contributed by atoms with E-state index in [1.807, 2.05) is 45.9 Å². The average molecular weight is 508 g/mol. The Morgan fingerprint density at radius 3 is 2.08 bits per heavy atom. The number of benzene rings is 3. The number of amides is 2. The van der Waals surface area contributed by atoms with E-state index in [9.17, 15) is 18.0 Å². The molecular weight excluding hydrogens is 474 g/mol. The molecule has 0 fully saturated rings. The highest BCUT2D eigenvalue weighted by atomic mass is 32.2. The summed E-state index contributed by atoms with van der Waals surface area (Å²) in [6.07, 6.45) is 1.99. The van der Waals surface area contributed by atoms with Gasteiger partial charge in [0.15, 0.2) is 0 Å². The molecule has 0 unspecified atom stereocenters. The maximum absolute atomic E-state index is 12.9. The first-order valence-corrected chi connectivity index (χ1v) is 13.7. The molecule has 0 aliphatic carbocycles. The van der Waals surface area contributed by atoms with E-state index in [-0.39, 0.29) is 24.4 Å². The van der Waals surface area contributed by atoms with Gasteiger partial charge in [0.1, 0.15) is 0 Å². The van der Waals surface area contributed by atoms with E-state index in [1.165, 1.54) is 10.6 Å². The van der Waals surface area contributed by atoms with Crippen LogP contribution in [0.3, 0.4) is 0 Å². The van der Waals surface area contributed by atoms with Crippen LogP contribution in [0.1, 0.15) is 57.7 Å². The van der Waals surface area contributed by atoms with Gasteiger partial charge < -0.3 is 10.6 Å². The Kier molecular flexibility index (Phi) is 8.53. The third kappa shape index (κ3) is 6.51. The van der Waals surface area contributed by atoms with Gasteiger partial charge >= 0.3 is 0 Å². The number of rotatable bonds is 9. The van der Waals surface area contributed by atoms with Crippen molar-refractivity contribution in [2.45, 2.75) is 46.7 Å². The molecule has 0 aliphatic rings. The van der Waals surface area contributed by atoms with Gasteiger partial charge in [-0.05, 0) is 68.1 Å². The van der Waals surface area contributed by atoms with E-state index in [4.69, 9.17) is 0 Å². The van der Waals surface area contributed by atoms with Crippen molar-refractivity contribution in [2.24, 2.45) is 0 Å². The zero-order valence-electron chi connectivity index (χ0n) is 21.3. The molecule has 0 radical (unpaired) electrons. The number of hydrogen-bond donors (Lipinski definition) is 2. The molecular formula is C28H33N3O4S. The van der Waals surface area contributed by atoms with Crippen LogP contribution in [0, 0.1) is 13.8 Å². The molecule has 0 saturated carbocycles. The minimum atomic E-state index is -3.54.